The third kappa shape index (κ3) is 4.87. The first-order chi connectivity index (χ1) is 10.7. The first-order valence-electron chi connectivity index (χ1n) is 7.31. The number of hydrogen-bond acceptors (Lipinski definition) is 5. The number of benzene rings is 1. The van der Waals surface area contributed by atoms with Crippen LogP contribution in [0.2, 0.25) is 0 Å². The van der Waals surface area contributed by atoms with E-state index in [9.17, 15) is 14.4 Å². The summed E-state index contributed by atoms with van der Waals surface area (Å²) in [6, 6.07) is 6.76. The molecule has 0 unspecified atom stereocenters. The molecule has 6 heteroatoms. The Bertz CT molecular complexity index is 537. The summed E-state index contributed by atoms with van der Waals surface area (Å²) < 4.78 is 10.1. The molecule has 0 heterocycles. The number of para-hydroxylation sites is 1. The molecule has 1 saturated carbocycles. The molecule has 0 bridgehead atoms. The van der Waals surface area contributed by atoms with Crippen molar-refractivity contribution in [2.75, 3.05) is 13.2 Å². The topological polar surface area (TPSA) is 81.7 Å². The number of ether oxygens (including phenoxy) is 2. The molecule has 2 rings (SSSR count). The van der Waals surface area contributed by atoms with E-state index in [1.165, 1.54) is 0 Å². The zero-order valence-corrected chi connectivity index (χ0v) is 12.2. The number of nitrogens with one attached hydrogen (secondary N) is 1. The zero-order chi connectivity index (χ0) is 15.8. The van der Waals surface area contributed by atoms with Crippen molar-refractivity contribution in [2.24, 2.45) is 0 Å². The molecule has 1 aliphatic rings. The number of hydrogen-bond donors (Lipinski definition) is 1. The number of amides is 1. The molecule has 118 valence electrons. The van der Waals surface area contributed by atoms with E-state index in [2.05, 4.69) is 5.32 Å². The van der Waals surface area contributed by atoms with Crippen molar-refractivity contribution < 1.29 is 23.9 Å². The van der Waals surface area contributed by atoms with Gasteiger partial charge >= 0.3 is 5.97 Å². The van der Waals surface area contributed by atoms with Gasteiger partial charge in [0.2, 0.25) is 0 Å². The van der Waals surface area contributed by atoms with Gasteiger partial charge in [0.05, 0.1) is 5.56 Å². The molecule has 1 N–H and O–H groups in total. The van der Waals surface area contributed by atoms with Crippen LogP contribution in [0, 0.1) is 0 Å². The molecule has 0 radical (unpaired) electrons. The van der Waals surface area contributed by atoms with E-state index in [1.807, 2.05) is 0 Å². The average Bonchev–Trinajstić information content (AvgIpc) is 3.04. The molecule has 1 fully saturated rings. The van der Waals surface area contributed by atoms with Crippen LogP contribution >= 0.6 is 0 Å². The zero-order valence-electron chi connectivity index (χ0n) is 12.2. The first-order valence-corrected chi connectivity index (χ1v) is 7.31. The fourth-order valence-electron chi connectivity index (χ4n) is 2.37. The molecule has 0 spiro atoms. The lowest BCUT2D eigenvalue weighted by Gasteiger charge is -2.12. The summed E-state index contributed by atoms with van der Waals surface area (Å²) >= 11 is 0. The van der Waals surface area contributed by atoms with E-state index in [-0.39, 0.29) is 25.2 Å². The van der Waals surface area contributed by atoms with Gasteiger partial charge in [0.1, 0.15) is 5.75 Å². The first kappa shape index (κ1) is 16.0. The van der Waals surface area contributed by atoms with Gasteiger partial charge in [0.25, 0.3) is 5.91 Å². The molecule has 1 amide bonds. The summed E-state index contributed by atoms with van der Waals surface area (Å²) in [4.78, 5) is 33.9. The van der Waals surface area contributed by atoms with Crippen LogP contribution in [0.1, 0.15) is 36.0 Å². The Balaban J connectivity index is 1.69. The standard InChI is InChI=1S/C16H19NO5/c18-9-12-5-1-4-8-14(12)21-11-16(20)22-10-15(19)17-13-6-2-3-7-13/h1,4-5,8-9,13H,2-3,6-7,10-11H2,(H,17,19). The highest BCUT2D eigenvalue weighted by atomic mass is 16.6. The molecule has 0 saturated heterocycles. The molecular weight excluding hydrogens is 286 g/mol. The van der Waals surface area contributed by atoms with E-state index in [4.69, 9.17) is 9.47 Å². The summed E-state index contributed by atoms with van der Waals surface area (Å²) in [5.74, 6) is -0.638. The summed E-state index contributed by atoms with van der Waals surface area (Å²) in [5.41, 5.74) is 0.356. The van der Waals surface area contributed by atoms with Gasteiger partial charge in [-0.3, -0.25) is 9.59 Å². The van der Waals surface area contributed by atoms with E-state index in [1.54, 1.807) is 24.3 Å². The highest BCUT2D eigenvalue weighted by Crippen LogP contribution is 2.17. The summed E-state index contributed by atoms with van der Waals surface area (Å²) in [6.45, 7) is -0.657. The minimum absolute atomic E-state index is 0.196. The lowest BCUT2D eigenvalue weighted by Crippen LogP contribution is -2.36. The number of aldehydes is 1. The van der Waals surface area contributed by atoms with Crippen molar-refractivity contribution >= 4 is 18.2 Å². The van der Waals surface area contributed by atoms with Gasteiger partial charge in [-0.15, -0.1) is 0 Å². The Morgan fingerprint density at radius 2 is 1.91 bits per heavy atom. The Morgan fingerprint density at radius 3 is 2.64 bits per heavy atom. The van der Waals surface area contributed by atoms with Gasteiger partial charge in [0.15, 0.2) is 19.5 Å². The number of rotatable bonds is 7. The predicted molar refractivity (Wildman–Crippen MR) is 78.7 cm³/mol. The van der Waals surface area contributed by atoms with Gasteiger partial charge in [-0.1, -0.05) is 25.0 Å². The van der Waals surface area contributed by atoms with Crippen molar-refractivity contribution in [3.63, 3.8) is 0 Å². The van der Waals surface area contributed by atoms with Crippen LogP contribution in [0.25, 0.3) is 0 Å². The van der Waals surface area contributed by atoms with E-state index < -0.39 is 5.97 Å². The van der Waals surface area contributed by atoms with Gasteiger partial charge in [-0.25, -0.2) is 4.79 Å². The van der Waals surface area contributed by atoms with Crippen LogP contribution in [0.4, 0.5) is 0 Å². The largest absolute Gasteiger partial charge is 0.481 e. The van der Waals surface area contributed by atoms with Crippen molar-refractivity contribution in [2.45, 2.75) is 31.7 Å². The van der Waals surface area contributed by atoms with E-state index in [0.29, 0.717) is 17.6 Å². The Labute approximate surface area is 128 Å². The van der Waals surface area contributed by atoms with Crippen LogP contribution in [-0.2, 0) is 14.3 Å². The predicted octanol–water partition coefficient (Wildman–Crippen LogP) is 1.48. The van der Waals surface area contributed by atoms with Gasteiger partial charge in [-0.05, 0) is 25.0 Å². The highest BCUT2D eigenvalue weighted by Gasteiger charge is 2.18. The summed E-state index contributed by atoms with van der Waals surface area (Å²) in [7, 11) is 0. The molecule has 6 nitrogen and oxygen atoms in total. The second kappa shape index (κ2) is 8.17. The van der Waals surface area contributed by atoms with Gasteiger partial charge in [0, 0.05) is 6.04 Å². The van der Waals surface area contributed by atoms with Crippen molar-refractivity contribution in [3.8, 4) is 5.75 Å². The van der Waals surface area contributed by atoms with Crippen LogP contribution in [0.3, 0.4) is 0 Å². The highest BCUT2D eigenvalue weighted by molar-refractivity contribution is 5.82. The smallest absolute Gasteiger partial charge is 0.344 e. The Hall–Kier alpha value is -2.37. The van der Waals surface area contributed by atoms with Crippen LogP contribution in [0.15, 0.2) is 24.3 Å². The molecule has 0 atom stereocenters. The summed E-state index contributed by atoms with van der Waals surface area (Å²) in [5, 5.41) is 2.82. The van der Waals surface area contributed by atoms with Crippen molar-refractivity contribution in [1.82, 2.24) is 5.32 Å². The molecule has 22 heavy (non-hydrogen) atoms. The maximum Gasteiger partial charge on any atom is 0.344 e. The fourth-order valence-corrected chi connectivity index (χ4v) is 2.37. The monoisotopic (exact) mass is 305 g/mol. The Morgan fingerprint density at radius 1 is 1.18 bits per heavy atom. The molecule has 0 aliphatic heterocycles. The average molecular weight is 305 g/mol. The van der Waals surface area contributed by atoms with Crippen molar-refractivity contribution in [1.29, 1.82) is 0 Å². The molecule has 1 aromatic rings. The quantitative estimate of drug-likeness (QED) is 0.609. The second-order valence-corrected chi connectivity index (χ2v) is 5.15. The Kier molecular flexibility index (Phi) is 5.94. The maximum absolute atomic E-state index is 11.6. The van der Waals surface area contributed by atoms with Crippen molar-refractivity contribution in [3.05, 3.63) is 29.8 Å². The maximum atomic E-state index is 11.6. The normalized spacial score (nSPS) is 14.4. The fraction of sp³-hybridized carbons (Fsp3) is 0.438. The summed E-state index contributed by atoms with van der Waals surface area (Å²) in [6.07, 6.45) is 4.84. The van der Waals surface area contributed by atoms with Crippen LogP contribution in [-0.4, -0.2) is 37.4 Å². The molecule has 1 aliphatic carbocycles. The van der Waals surface area contributed by atoms with Gasteiger partial charge < -0.3 is 14.8 Å². The lowest BCUT2D eigenvalue weighted by atomic mass is 10.2. The molecular formula is C16H19NO5. The lowest BCUT2D eigenvalue weighted by molar-refractivity contribution is -0.150. The van der Waals surface area contributed by atoms with Crippen LogP contribution < -0.4 is 10.1 Å². The second-order valence-electron chi connectivity index (χ2n) is 5.15. The molecule has 0 aromatic heterocycles. The number of carbonyl (C=O) groups excluding carboxylic acids is 3. The number of carbonyl (C=O) groups is 3. The molecule has 1 aromatic carbocycles. The third-order valence-electron chi connectivity index (χ3n) is 3.48. The minimum atomic E-state index is -0.651. The minimum Gasteiger partial charge on any atom is -0.481 e. The third-order valence-corrected chi connectivity index (χ3v) is 3.48. The van der Waals surface area contributed by atoms with E-state index in [0.717, 1.165) is 25.7 Å². The van der Waals surface area contributed by atoms with Gasteiger partial charge in [-0.2, -0.15) is 0 Å². The van der Waals surface area contributed by atoms with Crippen LogP contribution in [0.5, 0.6) is 5.75 Å². The number of esters is 1. The SMILES string of the molecule is O=Cc1ccccc1OCC(=O)OCC(=O)NC1CCCC1. The van der Waals surface area contributed by atoms with E-state index >= 15 is 0 Å².